The fourth-order valence-corrected chi connectivity index (χ4v) is 3.96. The lowest BCUT2D eigenvalue weighted by molar-refractivity contribution is -0.133. The molecule has 8 heteroatoms. The molecule has 0 aliphatic carbocycles. The molecule has 1 unspecified atom stereocenters. The van der Waals surface area contributed by atoms with E-state index in [4.69, 9.17) is 0 Å². The minimum atomic E-state index is -3.36. The van der Waals surface area contributed by atoms with Crippen LogP contribution in [-0.4, -0.2) is 81.2 Å². The third-order valence-corrected chi connectivity index (χ3v) is 6.18. The van der Waals surface area contributed by atoms with Crippen molar-refractivity contribution in [1.29, 1.82) is 0 Å². The highest BCUT2D eigenvalue weighted by Gasteiger charge is 2.30. The van der Waals surface area contributed by atoms with Crippen molar-refractivity contribution >= 4 is 16.1 Å². The average Bonchev–Trinajstić information content (AvgIpc) is 2.48. The van der Waals surface area contributed by atoms with Gasteiger partial charge in [0.15, 0.2) is 0 Å². The van der Waals surface area contributed by atoms with Crippen molar-refractivity contribution < 1.29 is 13.2 Å². The molecule has 2 aliphatic rings. The Balaban J connectivity index is 1.82. The van der Waals surface area contributed by atoms with Gasteiger partial charge in [0.2, 0.25) is 5.91 Å². The van der Waals surface area contributed by atoms with E-state index >= 15 is 0 Å². The predicted molar refractivity (Wildman–Crippen MR) is 81.0 cm³/mol. The van der Waals surface area contributed by atoms with Gasteiger partial charge in [-0.2, -0.15) is 17.0 Å². The zero-order valence-electron chi connectivity index (χ0n) is 12.9. The Morgan fingerprint density at radius 1 is 1.24 bits per heavy atom. The summed E-state index contributed by atoms with van der Waals surface area (Å²) in [6.45, 7) is 3.72. The fraction of sp³-hybridized carbons (Fsp3) is 0.923. The molecule has 2 rings (SSSR count). The summed E-state index contributed by atoms with van der Waals surface area (Å²) >= 11 is 0. The van der Waals surface area contributed by atoms with Crippen molar-refractivity contribution in [2.45, 2.75) is 19.3 Å². The topological polar surface area (TPSA) is 73.0 Å². The van der Waals surface area contributed by atoms with Crippen molar-refractivity contribution in [2.75, 3.05) is 53.4 Å². The summed E-state index contributed by atoms with van der Waals surface area (Å²) in [5.41, 5.74) is 0. The number of hydrogen-bond donors (Lipinski definition) is 1. The molecule has 1 amide bonds. The molecule has 2 heterocycles. The second kappa shape index (κ2) is 7.04. The number of piperidine rings is 1. The molecule has 2 fully saturated rings. The Bertz CT molecular complexity index is 452. The van der Waals surface area contributed by atoms with Crippen LogP contribution < -0.4 is 5.32 Å². The minimum absolute atomic E-state index is 0.158. The summed E-state index contributed by atoms with van der Waals surface area (Å²) in [5, 5.41) is 3.32. The van der Waals surface area contributed by atoms with Crippen molar-refractivity contribution in [1.82, 2.24) is 18.8 Å². The summed E-state index contributed by atoms with van der Waals surface area (Å²) in [4.78, 5) is 14.1. The van der Waals surface area contributed by atoms with E-state index in [1.165, 1.54) is 22.7 Å². The lowest BCUT2D eigenvalue weighted by Gasteiger charge is -2.36. The Kier molecular flexibility index (Phi) is 5.59. The third-order valence-electron chi connectivity index (χ3n) is 4.24. The molecule has 0 aromatic heterocycles. The molecule has 0 bridgehead atoms. The van der Waals surface area contributed by atoms with Crippen LogP contribution in [0.3, 0.4) is 0 Å². The average molecular weight is 318 g/mol. The first-order chi connectivity index (χ1) is 9.91. The number of amides is 1. The molecule has 1 atom stereocenters. The molecule has 0 radical (unpaired) electrons. The molecule has 122 valence electrons. The van der Waals surface area contributed by atoms with Gasteiger partial charge in [-0.05, 0) is 31.8 Å². The van der Waals surface area contributed by atoms with Gasteiger partial charge in [0.05, 0.1) is 0 Å². The normalized spacial score (nSPS) is 25.3. The van der Waals surface area contributed by atoms with Gasteiger partial charge in [0.25, 0.3) is 10.2 Å². The number of nitrogens with zero attached hydrogens (tertiary/aromatic N) is 3. The van der Waals surface area contributed by atoms with Gasteiger partial charge in [-0.3, -0.25) is 4.79 Å². The van der Waals surface area contributed by atoms with Crippen LogP contribution in [0.4, 0.5) is 0 Å². The maximum Gasteiger partial charge on any atom is 0.281 e. The summed E-state index contributed by atoms with van der Waals surface area (Å²) in [7, 11) is -0.296. The highest BCUT2D eigenvalue weighted by Crippen LogP contribution is 2.17. The molecule has 0 saturated carbocycles. The maximum atomic E-state index is 12.3. The molecule has 21 heavy (non-hydrogen) atoms. The Hall–Kier alpha value is -0.700. The van der Waals surface area contributed by atoms with Crippen molar-refractivity contribution in [3.63, 3.8) is 0 Å². The first kappa shape index (κ1) is 16.7. The molecule has 7 nitrogen and oxygen atoms in total. The van der Waals surface area contributed by atoms with E-state index in [1.807, 2.05) is 0 Å². The minimum Gasteiger partial charge on any atom is -0.340 e. The Morgan fingerprint density at radius 3 is 2.43 bits per heavy atom. The van der Waals surface area contributed by atoms with Gasteiger partial charge in [-0.15, -0.1) is 0 Å². The largest absolute Gasteiger partial charge is 0.340 e. The molecule has 2 saturated heterocycles. The fourth-order valence-electron chi connectivity index (χ4n) is 2.87. The van der Waals surface area contributed by atoms with Crippen LogP contribution in [0.5, 0.6) is 0 Å². The van der Waals surface area contributed by atoms with E-state index in [9.17, 15) is 13.2 Å². The summed E-state index contributed by atoms with van der Waals surface area (Å²) in [6, 6.07) is 0. The zero-order chi connectivity index (χ0) is 15.5. The van der Waals surface area contributed by atoms with Gasteiger partial charge < -0.3 is 10.2 Å². The number of carbonyl (C=O) groups is 1. The van der Waals surface area contributed by atoms with Crippen LogP contribution in [0.15, 0.2) is 0 Å². The van der Waals surface area contributed by atoms with E-state index in [-0.39, 0.29) is 5.91 Å². The number of carbonyl (C=O) groups excluding carboxylic acids is 1. The van der Waals surface area contributed by atoms with Crippen LogP contribution in [0.2, 0.25) is 0 Å². The smallest absolute Gasteiger partial charge is 0.281 e. The number of nitrogens with one attached hydrogen (secondary N) is 1. The lowest BCUT2D eigenvalue weighted by Crippen LogP contribution is -2.53. The van der Waals surface area contributed by atoms with E-state index in [1.54, 1.807) is 4.90 Å². The van der Waals surface area contributed by atoms with Gasteiger partial charge in [-0.25, -0.2) is 0 Å². The van der Waals surface area contributed by atoms with Gasteiger partial charge >= 0.3 is 0 Å². The quantitative estimate of drug-likeness (QED) is 0.746. The van der Waals surface area contributed by atoms with Crippen LogP contribution in [0.25, 0.3) is 0 Å². The SMILES string of the molecule is CN(C)S(=O)(=O)N1CCN(C(=O)CC2CCCNC2)CC1. The van der Waals surface area contributed by atoms with Crippen LogP contribution in [0, 0.1) is 5.92 Å². The first-order valence-electron chi connectivity index (χ1n) is 7.57. The van der Waals surface area contributed by atoms with Crippen LogP contribution in [0.1, 0.15) is 19.3 Å². The molecular weight excluding hydrogens is 292 g/mol. The van der Waals surface area contributed by atoms with E-state index in [0.29, 0.717) is 38.5 Å². The Labute approximate surface area is 127 Å². The third kappa shape index (κ3) is 4.15. The zero-order valence-corrected chi connectivity index (χ0v) is 13.7. The summed E-state index contributed by atoms with van der Waals surface area (Å²) < 4.78 is 26.7. The molecule has 0 spiro atoms. The molecular formula is C13H26N4O3S. The number of hydrogen-bond acceptors (Lipinski definition) is 4. The van der Waals surface area contributed by atoms with Crippen LogP contribution in [-0.2, 0) is 15.0 Å². The summed E-state index contributed by atoms with van der Waals surface area (Å²) in [5.74, 6) is 0.584. The second-order valence-corrected chi connectivity index (χ2v) is 8.13. The molecule has 2 aliphatic heterocycles. The summed E-state index contributed by atoms with van der Waals surface area (Å²) in [6.07, 6.45) is 2.81. The highest BCUT2D eigenvalue weighted by atomic mass is 32.2. The second-order valence-electron chi connectivity index (χ2n) is 5.99. The highest BCUT2D eigenvalue weighted by molar-refractivity contribution is 7.86. The van der Waals surface area contributed by atoms with E-state index < -0.39 is 10.2 Å². The molecule has 0 aromatic carbocycles. The predicted octanol–water partition coefficient (Wildman–Crippen LogP) is -0.673. The van der Waals surface area contributed by atoms with E-state index in [2.05, 4.69) is 5.32 Å². The monoisotopic (exact) mass is 318 g/mol. The lowest BCUT2D eigenvalue weighted by atomic mass is 9.95. The van der Waals surface area contributed by atoms with Gasteiger partial charge in [0.1, 0.15) is 0 Å². The van der Waals surface area contributed by atoms with Crippen molar-refractivity contribution in [2.24, 2.45) is 5.92 Å². The molecule has 1 N–H and O–H groups in total. The van der Waals surface area contributed by atoms with E-state index in [0.717, 1.165) is 25.9 Å². The first-order valence-corrected chi connectivity index (χ1v) is 8.97. The van der Waals surface area contributed by atoms with Gasteiger partial charge in [-0.1, -0.05) is 0 Å². The van der Waals surface area contributed by atoms with Crippen molar-refractivity contribution in [3.05, 3.63) is 0 Å². The van der Waals surface area contributed by atoms with Crippen LogP contribution >= 0.6 is 0 Å². The molecule has 0 aromatic rings. The number of piperazine rings is 1. The standard InChI is InChI=1S/C13H26N4O3S/c1-15(2)21(19,20)17-8-6-16(7-9-17)13(18)10-12-4-3-5-14-11-12/h12,14H,3-11H2,1-2H3. The maximum absolute atomic E-state index is 12.3. The Morgan fingerprint density at radius 2 is 1.90 bits per heavy atom. The van der Waals surface area contributed by atoms with Crippen molar-refractivity contribution in [3.8, 4) is 0 Å². The van der Waals surface area contributed by atoms with Gasteiger partial charge in [0, 0.05) is 46.7 Å². The number of rotatable bonds is 4.